The lowest BCUT2D eigenvalue weighted by atomic mass is 10.0. The molecule has 120 valence electrons. The molecule has 0 fully saturated rings. The van der Waals surface area contributed by atoms with E-state index in [4.69, 9.17) is 0 Å². The highest BCUT2D eigenvalue weighted by Gasteiger charge is 2.19. The zero-order chi connectivity index (χ0) is 17.0. The Labute approximate surface area is 141 Å². The molecule has 3 aromatic carbocycles. The molecule has 1 aliphatic rings. The lowest BCUT2D eigenvalue weighted by molar-refractivity contribution is 0.628. The predicted octanol–water partition coefficient (Wildman–Crippen LogP) is 4.19. The first-order valence-corrected chi connectivity index (χ1v) is 7.89. The van der Waals surface area contributed by atoms with Crippen LogP contribution in [0.2, 0.25) is 0 Å². The Morgan fingerprint density at radius 2 is 1.84 bits per heavy atom. The highest BCUT2D eigenvalue weighted by molar-refractivity contribution is 6.01. The average molecular weight is 329 g/mol. The summed E-state index contributed by atoms with van der Waals surface area (Å²) in [5.74, 6) is -0.308. The quantitative estimate of drug-likeness (QED) is 0.492. The van der Waals surface area contributed by atoms with E-state index in [1.165, 1.54) is 12.1 Å². The summed E-state index contributed by atoms with van der Waals surface area (Å²) in [6, 6.07) is 17.6. The van der Waals surface area contributed by atoms with E-state index in [1.807, 2.05) is 42.5 Å². The standard InChI is InChI=1S/C20H12FN3O/c21-14-6-1-4-12(10-14)15-7-3-9-17-18(15)22-11-13-5-2-8-16-19(13)24(17)20(25)23-16/h1-11H,(H,23,25). The molecule has 0 amide bonds. The van der Waals surface area contributed by atoms with E-state index in [-0.39, 0.29) is 11.5 Å². The molecule has 0 atom stereocenters. The van der Waals surface area contributed by atoms with Gasteiger partial charge in [0.2, 0.25) is 0 Å². The number of fused-ring (bicyclic) bond motifs is 2. The molecule has 1 N–H and O–H groups in total. The number of benzene rings is 3. The van der Waals surface area contributed by atoms with Crippen molar-refractivity contribution in [2.45, 2.75) is 0 Å². The number of nitrogens with zero attached hydrogens (tertiary/aromatic N) is 2. The van der Waals surface area contributed by atoms with Crippen molar-refractivity contribution in [3.63, 3.8) is 0 Å². The van der Waals surface area contributed by atoms with Gasteiger partial charge < -0.3 is 4.98 Å². The smallest absolute Gasteiger partial charge is 0.305 e. The van der Waals surface area contributed by atoms with Crippen LogP contribution in [0, 0.1) is 5.82 Å². The zero-order valence-electron chi connectivity index (χ0n) is 13.0. The van der Waals surface area contributed by atoms with Crippen LogP contribution >= 0.6 is 0 Å². The monoisotopic (exact) mass is 329 g/mol. The Kier molecular flexibility index (Phi) is 2.79. The third kappa shape index (κ3) is 1.99. The summed E-state index contributed by atoms with van der Waals surface area (Å²) in [5, 5.41) is 0. The molecule has 5 rings (SSSR count). The van der Waals surface area contributed by atoms with Crippen LogP contribution in [0.5, 0.6) is 0 Å². The number of nitrogens with one attached hydrogen (secondary N) is 1. The van der Waals surface area contributed by atoms with Gasteiger partial charge in [0.25, 0.3) is 0 Å². The first-order valence-electron chi connectivity index (χ1n) is 7.89. The van der Waals surface area contributed by atoms with E-state index in [1.54, 1.807) is 16.8 Å². The van der Waals surface area contributed by atoms with Crippen LogP contribution < -0.4 is 5.69 Å². The fraction of sp³-hybridized carbons (Fsp3) is 0. The van der Waals surface area contributed by atoms with Gasteiger partial charge in [-0.15, -0.1) is 0 Å². The maximum absolute atomic E-state index is 13.7. The molecule has 5 heteroatoms. The highest BCUT2D eigenvalue weighted by Crippen LogP contribution is 2.38. The topological polar surface area (TPSA) is 50.1 Å². The predicted molar refractivity (Wildman–Crippen MR) is 96.5 cm³/mol. The summed E-state index contributed by atoms with van der Waals surface area (Å²) in [5.41, 5.74) is 5.03. The van der Waals surface area contributed by atoms with Crippen LogP contribution in [0.15, 0.2) is 70.5 Å². The Hall–Kier alpha value is -3.47. The largest absolute Gasteiger partial charge is 0.331 e. The summed E-state index contributed by atoms with van der Waals surface area (Å²) in [4.78, 5) is 20.1. The van der Waals surface area contributed by atoms with Crippen molar-refractivity contribution in [2.24, 2.45) is 4.99 Å². The van der Waals surface area contributed by atoms with E-state index in [2.05, 4.69) is 9.98 Å². The molecule has 4 aromatic rings. The molecule has 1 aromatic heterocycles. The normalized spacial score (nSPS) is 12.2. The van der Waals surface area contributed by atoms with Gasteiger partial charge in [-0.1, -0.05) is 36.4 Å². The van der Waals surface area contributed by atoms with E-state index < -0.39 is 0 Å². The third-order valence-electron chi connectivity index (χ3n) is 4.46. The summed E-state index contributed by atoms with van der Waals surface area (Å²) in [7, 11) is 0. The molecule has 2 heterocycles. The van der Waals surface area contributed by atoms with Gasteiger partial charge in [-0.05, 0) is 29.8 Å². The number of hydrogen-bond acceptors (Lipinski definition) is 2. The number of halogens is 1. The lowest BCUT2D eigenvalue weighted by Gasteiger charge is -2.11. The molecular weight excluding hydrogens is 317 g/mol. The summed E-state index contributed by atoms with van der Waals surface area (Å²) in [6.45, 7) is 0. The highest BCUT2D eigenvalue weighted by atomic mass is 19.1. The van der Waals surface area contributed by atoms with Gasteiger partial charge in [0.1, 0.15) is 5.82 Å². The average Bonchev–Trinajstić information content (AvgIpc) is 2.85. The van der Waals surface area contributed by atoms with Crippen LogP contribution in [0.4, 0.5) is 10.1 Å². The Morgan fingerprint density at radius 1 is 1.00 bits per heavy atom. The fourth-order valence-corrected chi connectivity index (χ4v) is 3.39. The molecule has 0 radical (unpaired) electrons. The van der Waals surface area contributed by atoms with E-state index >= 15 is 0 Å². The lowest BCUT2D eigenvalue weighted by Crippen LogP contribution is -2.14. The Morgan fingerprint density at radius 3 is 2.72 bits per heavy atom. The van der Waals surface area contributed by atoms with Gasteiger partial charge in [0.15, 0.2) is 0 Å². The summed E-state index contributed by atoms with van der Waals surface area (Å²) in [6.07, 6.45) is 1.75. The van der Waals surface area contributed by atoms with Gasteiger partial charge in [-0.25, -0.2) is 9.18 Å². The fourth-order valence-electron chi connectivity index (χ4n) is 3.39. The number of aromatic nitrogens is 2. The Bertz CT molecular complexity index is 1230. The van der Waals surface area contributed by atoms with E-state index in [0.29, 0.717) is 11.4 Å². The van der Waals surface area contributed by atoms with Gasteiger partial charge in [-0.2, -0.15) is 0 Å². The van der Waals surface area contributed by atoms with Crippen molar-refractivity contribution in [3.05, 3.63) is 82.5 Å². The maximum Gasteiger partial charge on any atom is 0.331 e. The molecule has 0 unspecified atom stereocenters. The van der Waals surface area contributed by atoms with Gasteiger partial charge >= 0.3 is 5.69 Å². The first kappa shape index (κ1) is 13.9. The molecular formula is C20H12FN3O. The second kappa shape index (κ2) is 5.01. The Balaban J connectivity index is 1.89. The van der Waals surface area contributed by atoms with E-state index in [0.717, 1.165) is 27.7 Å². The molecule has 4 nitrogen and oxygen atoms in total. The maximum atomic E-state index is 13.7. The minimum atomic E-state index is -0.308. The third-order valence-corrected chi connectivity index (χ3v) is 4.46. The van der Waals surface area contributed by atoms with Crippen molar-refractivity contribution < 1.29 is 4.39 Å². The number of H-pyrrole nitrogens is 1. The minimum Gasteiger partial charge on any atom is -0.305 e. The van der Waals surface area contributed by atoms with Crippen molar-refractivity contribution in [2.75, 3.05) is 0 Å². The van der Waals surface area contributed by atoms with Crippen LogP contribution in [-0.4, -0.2) is 15.8 Å². The molecule has 1 aliphatic heterocycles. The summed E-state index contributed by atoms with van der Waals surface area (Å²) >= 11 is 0. The minimum absolute atomic E-state index is 0.217. The van der Waals surface area contributed by atoms with Crippen LogP contribution in [0.3, 0.4) is 0 Å². The van der Waals surface area contributed by atoms with E-state index in [9.17, 15) is 9.18 Å². The molecule has 0 spiro atoms. The van der Waals surface area contributed by atoms with Crippen molar-refractivity contribution >= 4 is 22.9 Å². The summed E-state index contributed by atoms with van der Waals surface area (Å²) < 4.78 is 15.3. The van der Waals surface area contributed by atoms with Gasteiger partial charge in [0, 0.05) is 17.3 Å². The van der Waals surface area contributed by atoms with Crippen molar-refractivity contribution in [1.29, 1.82) is 0 Å². The van der Waals surface area contributed by atoms with Crippen molar-refractivity contribution in [3.8, 4) is 16.8 Å². The number of para-hydroxylation sites is 2. The molecule has 0 saturated carbocycles. The van der Waals surface area contributed by atoms with Crippen LogP contribution in [0.1, 0.15) is 5.56 Å². The second-order valence-electron chi connectivity index (χ2n) is 5.95. The SMILES string of the molecule is O=c1[nH]c2cccc3c2n1-c1cccc(-c2cccc(F)c2)c1N=C3. The van der Waals surface area contributed by atoms with Crippen LogP contribution in [-0.2, 0) is 0 Å². The first-order chi connectivity index (χ1) is 12.2. The molecule has 0 aliphatic carbocycles. The molecule has 0 bridgehead atoms. The number of imidazole rings is 1. The number of aromatic amines is 1. The second-order valence-corrected chi connectivity index (χ2v) is 5.95. The number of rotatable bonds is 1. The molecule has 25 heavy (non-hydrogen) atoms. The van der Waals surface area contributed by atoms with Crippen LogP contribution in [0.25, 0.3) is 27.8 Å². The molecule has 0 saturated heterocycles. The zero-order valence-corrected chi connectivity index (χ0v) is 13.0. The number of hydrogen-bond donors (Lipinski definition) is 1. The number of aliphatic imine (C=N–C) groups is 1. The van der Waals surface area contributed by atoms with Crippen molar-refractivity contribution in [1.82, 2.24) is 9.55 Å². The van der Waals surface area contributed by atoms with Gasteiger partial charge in [0.05, 0.1) is 22.4 Å². The van der Waals surface area contributed by atoms with Gasteiger partial charge in [-0.3, -0.25) is 9.56 Å².